The predicted octanol–water partition coefficient (Wildman–Crippen LogP) is 0.998. The minimum Gasteiger partial charge on any atom is -0.349 e. The van der Waals surface area contributed by atoms with Crippen LogP contribution in [0.1, 0.15) is 23.2 Å². The molecule has 6 nitrogen and oxygen atoms in total. The Morgan fingerprint density at radius 3 is 2.60 bits per heavy atom. The number of nitrogens with zero attached hydrogens (tertiary/aromatic N) is 2. The largest absolute Gasteiger partial charge is 0.349 e. The first-order valence-corrected chi connectivity index (χ1v) is 8.87. The Hall–Kier alpha value is -0.990. The highest BCUT2D eigenvalue weighted by molar-refractivity contribution is 9.10. The summed E-state index contributed by atoms with van der Waals surface area (Å²) in [5.74, 6) is -0.184. The molecule has 0 unspecified atom stereocenters. The second-order valence-electron chi connectivity index (χ2n) is 4.80. The molecule has 1 aliphatic rings. The van der Waals surface area contributed by atoms with Crippen molar-refractivity contribution in [2.45, 2.75) is 18.9 Å². The van der Waals surface area contributed by atoms with E-state index in [-0.39, 0.29) is 11.9 Å². The minimum absolute atomic E-state index is 0.000480. The molecule has 0 radical (unpaired) electrons. The van der Waals surface area contributed by atoms with Gasteiger partial charge < -0.3 is 5.32 Å². The van der Waals surface area contributed by atoms with E-state index in [1.165, 1.54) is 16.8 Å². The molecule has 0 spiro atoms. The molecule has 1 saturated heterocycles. The molecule has 1 amide bonds. The van der Waals surface area contributed by atoms with Gasteiger partial charge in [0.05, 0.1) is 11.8 Å². The fraction of sp³-hybridized carbons (Fsp3) is 0.500. The van der Waals surface area contributed by atoms with Gasteiger partial charge in [-0.25, -0.2) is 12.7 Å². The zero-order valence-electron chi connectivity index (χ0n) is 11.0. The summed E-state index contributed by atoms with van der Waals surface area (Å²) in [6.45, 7) is 0.890. The average molecular weight is 362 g/mol. The molecule has 2 heterocycles. The lowest BCUT2D eigenvalue weighted by Crippen LogP contribution is -2.46. The lowest BCUT2D eigenvalue weighted by molar-refractivity contribution is 0.0923. The van der Waals surface area contributed by atoms with Gasteiger partial charge in [0, 0.05) is 36.0 Å². The highest BCUT2D eigenvalue weighted by atomic mass is 79.9. The van der Waals surface area contributed by atoms with Gasteiger partial charge in [0.2, 0.25) is 10.0 Å². The van der Waals surface area contributed by atoms with Crippen molar-refractivity contribution in [3.8, 4) is 0 Å². The molecular weight excluding hydrogens is 346 g/mol. The molecule has 1 N–H and O–H groups in total. The molecule has 20 heavy (non-hydrogen) atoms. The molecule has 0 saturated carbocycles. The zero-order valence-corrected chi connectivity index (χ0v) is 13.4. The van der Waals surface area contributed by atoms with Gasteiger partial charge in [-0.15, -0.1) is 0 Å². The number of amides is 1. The third-order valence-corrected chi connectivity index (χ3v) is 4.96. The van der Waals surface area contributed by atoms with Crippen molar-refractivity contribution in [1.82, 2.24) is 14.6 Å². The normalized spacial score (nSPS) is 17.9. The summed E-state index contributed by atoms with van der Waals surface area (Å²) >= 11 is 3.27. The van der Waals surface area contributed by atoms with Crippen LogP contribution in [0.3, 0.4) is 0 Å². The van der Waals surface area contributed by atoms with E-state index in [1.54, 1.807) is 12.3 Å². The van der Waals surface area contributed by atoms with E-state index in [4.69, 9.17) is 0 Å². The van der Waals surface area contributed by atoms with Gasteiger partial charge >= 0.3 is 0 Å². The van der Waals surface area contributed by atoms with Crippen LogP contribution in [-0.2, 0) is 10.0 Å². The van der Waals surface area contributed by atoms with Crippen LogP contribution in [0.15, 0.2) is 22.9 Å². The maximum absolute atomic E-state index is 12.0. The number of halogens is 1. The molecular formula is C12H16BrN3O3S. The van der Waals surface area contributed by atoms with Crippen molar-refractivity contribution >= 4 is 31.9 Å². The number of rotatable bonds is 3. The van der Waals surface area contributed by atoms with Gasteiger partial charge in [-0.3, -0.25) is 9.78 Å². The van der Waals surface area contributed by atoms with Crippen molar-refractivity contribution in [1.29, 1.82) is 0 Å². The number of piperidine rings is 1. The number of hydrogen-bond donors (Lipinski definition) is 1. The number of carbonyl (C=O) groups excluding carboxylic acids is 1. The molecule has 0 aromatic carbocycles. The van der Waals surface area contributed by atoms with E-state index in [9.17, 15) is 13.2 Å². The summed E-state index contributed by atoms with van der Waals surface area (Å²) < 4.78 is 25.0. The van der Waals surface area contributed by atoms with Crippen molar-refractivity contribution < 1.29 is 13.2 Å². The Morgan fingerprint density at radius 2 is 2.05 bits per heavy atom. The number of hydrogen-bond acceptors (Lipinski definition) is 4. The molecule has 110 valence electrons. The van der Waals surface area contributed by atoms with Gasteiger partial charge in [0.15, 0.2) is 0 Å². The topological polar surface area (TPSA) is 79.4 Å². The average Bonchev–Trinajstić information content (AvgIpc) is 2.38. The molecule has 1 fully saturated rings. The molecule has 1 aliphatic heterocycles. The van der Waals surface area contributed by atoms with E-state index < -0.39 is 10.0 Å². The number of nitrogens with one attached hydrogen (secondary N) is 1. The summed E-state index contributed by atoms with van der Waals surface area (Å²) in [7, 11) is -3.13. The Labute approximate surface area is 126 Å². The Morgan fingerprint density at radius 1 is 1.40 bits per heavy atom. The van der Waals surface area contributed by atoms with Gasteiger partial charge in [0.1, 0.15) is 0 Å². The quantitative estimate of drug-likeness (QED) is 0.870. The van der Waals surface area contributed by atoms with Crippen molar-refractivity contribution in [2.75, 3.05) is 19.3 Å². The lowest BCUT2D eigenvalue weighted by Gasteiger charge is -2.30. The van der Waals surface area contributed by atoms with E-state index in [0.717, 1.165) is 4.47 Å². The lowest BCUT2D eigenvalue weighted by atomic mass is 10.1. The van der Waals surface area contributed by atoms with Crippen LogP contribution in [0.2, 0.25) is 0 Å². The summed E-state index contributed by atoms with van der Waals surface area (Å²) in [4.78, 5) is 16.0. The van der Waals surface area contributed by atoms with Crippen LogP contribution >= 0.6 is 15.9 Å². The van der Waals surface area contributed by atoms with Gasteiger partial charge in [-0.2, -0.15) is 0 Å². The molecule has 1 aromatic rings. The van der Waals surface area contributed by atoms with E-state index in [2.05, 4.69) is 26.2 Å². The Bertz CT molecular complexity index is 598. The molecule has 0 bridgehead atoms. The first kappa shape index (κ1) is 15.4. The third-order valence-electron chi connectivity index (χ3n) is 3.23. The summed E-state index contributed by atoms with van der Waals surface area (Å²) in [6.07, 6.45) is 5.58. The molecule has 0 aliphatic carbocycles. The van der Waals surface area contributed by atoms with Crippen LogP contribution in [0.4, 0.5) is 0 Å². The van der Waals surface area contributed by atoms with Gasteiger partial charge in [-0.1, -0.05) is 0 Å². The highest BCUT2D eigenvalue weighted by Crippen LogP contribution is 2.14. The van der Waals surface area contributed by atoms with Crippen molar-refractivity contribution in [2.24, 2.45) is 0 Å². The van der Waals surface area contributed by atoms with E-state index in [0.29, 0.717) is 31.5 Å². The van der Waals surface area contributed by atoms with Gasteiger partial charge in [-0.05, 0) is 34.8 Å². The maximum atomic E-state index is 12.0. The van der Waals surface area contributed by atoms with Crippen LogP contribution in [0.5, 0.6) is 0 Å². The fourth-order valence-corrected chi connectivity index (χ4v) is 3.38. The summed E-state index contributed by atoms with van der Waals surface area (Å²) in [5.41, 5.74) is 0.491. The van der Waals surface area contributed by atoms with Crippen LogP contribution in [0, 0.1) is 0 Å². The monoisotopic (exact) mass is 361 g/mol. The van der Waals surface area contributed by atoms with Crippen LogP contribution < -0.4 is 5.32 Å². The smallest absolute Gasteiger partial charge is 0.253 e. The predicted molar refractivity (Wildman–Crippen MR) is 78.8 cm³/mol. The summed E-state index contributed by atoms with van der Waals surface area (Å²) in [6, 6.07) is 1.70. The first-order valence-electron chi connectivity index (χ1n) is 6.23. The van der Waals surface area contributed by atoms with E-state index in [1.807, 2.05) is 0 Å². The van der Waals surface area contributed by atoms with Gasteiger partial charge in [0.25, 0.3) is 5.91 Å². The molecule has 0 atom stereocenters. The summed E-state index contributed by atoms with van der Waals surface area (Å²) in [5, 5.41) is 2.91. The number of sulfonamides is 1. The van der Waals surface area contributed by atoms with Crippen LogP contribution in [-0.4, -0.2) is 49.0 Å². The molecule has 8 heteroatoms. The van der Waals surface area contributed by atoms with Crippen molar-refractivity contribution in [3.63, 3.8) is 0 Å². The van der Waals surface area contributed by atoms with E-state index >= 15 is 0 Å². The maximum Gasteiger partial charge on any atom is 0.253 e. The zero-order chi connectivity index (χ0) is 14.8. The van der Waals surface area contributed by atoms with Crippen LogP contribution in [0.25, 0.3) is 0 Å². The number of aromatic nitrogens is 1. The number of pyridine rings is 1. The third kappa shape index (κ3) is 4.00. The highest BCUT2D eigenvalue weighted by Gasteiger charge is 2.25. The second-order valence-corrected chi connectivity index (χ2v) is 7.70. The minimum atomic E-state index is -3.13. The SMILES string of the molecule is CS(=O)(=O)N1CCC(NC(=O)c2cncc(Br)c2)CC1. The molecule has 2 rings (SSSR count). The number of carbonyl (C=O) groups is 1. The standard InChI is InChI=1S/C12H16BrN3O3S/c1-20(18,19)16-4-2-11(3-5-16)15-12(17)9-6-10(13)8-14-7-9/h6-8,11H,2-5H2,1H3,(H,15,17). The Kier molecular flexibility index (Phi) is 4.77. The second kappa shape index (κ2) is 6.19. The first-order chi connectivity index (χ1) is 9.36. The fourth-order valence-electron chi connectivity index (χ4n) is 2.14. The Balaban J connectivity index is 1.91. The van der Waals surface area contributed by atoms with Crippen molar-refractivity contribution in [3.05, 3.63) is 28.5 Å². The molecule has 1 aromatic heterocycles.